The zero-order valence-corrected chi connectivity index (χ0v) is 8.96. The highest BCUT2D eigenvalue weighted by Gasteiger charge is 2.49. The number of aliphatic hydroxyl groups excluding tert-OH is 1. The highest BCUT2D eigenvalue weighted by atomic mass is 16.3. The Kier molecular flexibility index (Phi) is 2.15. The van der Waals surface area contributed by atoms with Crippen molar-refractivity contribution in [2.75, 3.05) is 6.61 Å². The van der Waals surface area contributed by atoms with Crippen LogP contribution < -0.4 is 0 Å². The van der Waals surface area contributed by atoms with E-state index in [4.69, 9.17) is 0 Å². The van der Waals surface area contributed by atoms with Crippen molar-refractivity contribution >= 4 is 0 Å². The zero-order valence-electron chi connectivity index (χ0n) is 8.96. The molecule has 0 atom stereocenters. The third-order valence-corrected chi connectivity index (χ3v) is 3.32. The van der Waals surface area contributed by atoms with Crippen LogP contribution in [0.5, 0.6) is 0 Å². The molecule has 0 amide bonds. The van der Waals surface area contributed by atoms with Crippen LogP contribution in [0.2, 0.25) is 0 Å². The molecule has 0 spiro atoms. The van der Waals surface area contributed by atoms with E-state index in [2.05, 4.69) is 38.1 Å². The number of aliphatic hydroxyl groups is 1. The molecule has 1 fully saturated rings. The van der Waals surface area contributed by atoms with Crippen LogP contribution in [0.3, 0.4) is 0 Å². The molecule has 0 heterocycles. The summed E-state index contributed by atoms with van der Waals surface area (Å²) in [5.74, 6) is 0. The van der Waals surface area contributed by atoms with Crippen molar-refractivity contribution in [1.82, 2.24) is 0 Å². The smallest absolute Gasteiger partial charge is 0.0528 e. The van der Waals surface area contributed by atoms with Gasteiger partial charge in [0.05, 0.1) is 6.61 Å². The molecule has 0 aromatic heterocycles. The van der Waals surface area contributed by atoms with Crippen LogP contribution in [0, 0.1) is 5.41 Å². The Balaban J connectivity index is 2.25. The Morgan fingerprint density at radius 2 is 1.71 bits per heavy atom. The molecule has 1 saturated carbocycles. The zero-order chi connectivity index (χ0) is 10.2. The maximum atomic E-state index is 9.52. The fourth-order valence-electron chi connectivity index (χ4n) is 2.98. The third kappa shape index (κ3) is 1.46. The summed E-state index contributed by atoms with van der Waals surface area (Å²) < 4.78 is 0. The molecular weight excluding hydrogens is 172 g/mol. The van der Waals surface area contributed by atoms with Crippen LogP contribution in [-0.2, 0) is 5.41 Å². The van der Waals surface area contributed by atoms with Gasteiger partial charge in [0, 0.05) is 5.41 Å². The van der Waals surface area contributed by atoms with Crippen molar-refractivity contribution in [3.63, 3.8) is 0 Å². The van der Waals surface area contributed by atoms with Gasteiger partial charge in [-0.25, -0.2) is 0 Å². The molecule has 76 valence electrons. The largest absolute Gasteiger partial charge is 0.395 e. The van der Waals surface area contributed by atoms with Gasteiger partial charge in [0.2, 0.25) is 0 Å². The SMILES string of the molecule is CC1(C)CC(CO)(c2ccccc2)C1. The fraction of sp³-hybridized carbons (Fsp3) is 0.538. The van der Waals surface area contributed by atoms with Crippen molar-refractivity contribution in [2.24, 2.45) is 5.41 Å². The van der Waals surface area contributed by atoms with Crippen molar-refractivity contribution in [1.29, 1.82) is 0 Å². The van der Waals surface area contributed by atoms with Crippen LogP contribution in [0.15, 0.2) is 30.3 Å². The molecule has 2 rings (SSSR count). The van der Waals surface area contributed by atoms with Crippen LogP contribution in [-0.4, -0.2) is 11.7 Å². The molecule has 0 radical (unpaired) electrons. The molecule has 1 aliphatic carbocycles. The summed E-state index contributed by atoms with van der Waals surface area (Å²) in [4.78, 5) is 0. The minimum atomic E-state index is 0.0464. The van der Waals surface area contributed by atoms with Gasteiger partial charge in [0.25, 0.3) is 0 Å². The fourth-order valence-corrected chi connectivity index (χ4v) is 2.98. The van der Waals surface area contributed by atoms with Crippen LogP contribution in [0.1, 0.15) is 32.3 Å². The second-order valence-electron chi connectivity index (χ2n) is 5.32. The highest BCUT2D eigenvalue weighted by Crippen LogP contribution is 2.54. The Bertz CT molecular complexity index is 305. The standard InChI is InChI=1S/C13H18O/c1-12(2)8-13(9-12,10-14)11-6-4-3-5-7-11/h3-7,14H,8-10H2,1-2H3. The Labute approximate surface area is 85.8 Å². The summed E-state index contributed by atoms with van der Waals surface area (Å²) in [6.07, 6.45) is 2.20. The lowest BCUT2D eigenvalue weighted by Crippen LogP contribution is -2.49. The minimum absolute atomic E-state index is 0.0464. The van der Waals surface area contributed by atoms with E-state index in [1.54, 1.807) is 0 Å². The normalized spacial score (nSPS) is 22.8. The molecule has 1 aromatic carbocycles. The molecule has 1 heteroatoms. The van der Waals surface area contributed by atoms with E-state index in [1.807, 2.05) is 6.07 Å². The average Bonchev–Trinajstić information content (AvgIpc) is 2.15. The third-order valence-electron chi connectivity index (χ3n) is 3.32. The quantitative estimate of drug-likeness (QED) is 0.760. The summed E-state index contributed by atoms with van der Waals surface area (Å²) >= 11 is 0. The van der Waals surface area contributed by atoms with Gasteiger partial charge in [-0.2, -0.15) is 0 Å². The number of hydrogen-bond donors (Lipinski definition) is 1. The lowest BCUT2D eigenvalue weighted by molar-refractivity contribution is 0.00953. The van der Waals surface area contributed by atoms with Crippen molar-refractivity contribution in [3.8, 4) is 0 Å². The van der Waals surface area contributed by atoms with Crippen LogP contribution in [0.25, 0.3) is 0 Å². The van der Waals surface area contributed by atoms with Gasteiger partial charge in [-0.15, -0.1) is 0 Å². The summed E-state index contributed by atoms with van der Waals surface area (Å²) in [5.41, 5.74) is 1.74. The molecule has 0 unspecified atom stereocenters. The minimum Gasteiger partial charge on any atom is -0.395 e. The molecule has 1 nitrogen and oxygen atoms in total. The summed E-state index contributed by atoms with van der Waals surface area (Å²) in [6.45, 7) is 4.81. The number of rotatable bonds is 2. The van der Waals surface area contributed by atoms with E-state index in [0.717, 1.165) is 12.8 Å². The highest BCUT2D eigenvalue weighted by molar-refractivity contribution is 5.30. The van der Waals surface area contributed by atoms with Crippen molar-refractivity contribution in [3.05, 3.63) is 35.9 Å². The van der Waals surface area contributed by atoms with E-state index in [1.165, 1.54) is 5.56 Å². The first-order chi connectivity index (χ1) is 6.58. The first kappa shape index (κ1) is 9.72. The summed E-state index contributed by atoms with van der Waals surface area (Å²) in [5, 5.41) is 9.52. The lowest BCUT2D eigenvalue weighted by atomic mass is 9.52. The summed E-state index contributed by atoms with van der Waals surface area (Å²) in [6, 6.07) is 10.4. The van der Waals surface area contributed by atoms with Gasteiger partial charge < -0.3 is 5.11 Å². The van der Waals surface area contributed by atoms with Gasteiger partial charge in [-0.1, -0.05) is 44.2 Å². The molecule has 0 aliphatic heterocycles. The monoisotopic (exact) mass is 190 g/mol. The van der Waals surface area contributed by atoms with Gasteiger partial charge >= 0.3 is 0 Å². The average molecular weight is 190 g/mol. The van der Waals surface area contributed by atoms with Crippen molar-refractivity contribution in [2.45, 2.75) is 32.1 Å². The summed E-state index contributed by atoms with van der Waals surface area (Å²) in [7, 11) is 0. The molecule has 0 saturated heterocycles. The first-order valence-corrected chi connectivity index (χ1v) is 5.24. The van der Waals surface area contributed by atoms with E-state index >= 15 is 0 Å². The van der Waals surface area contributed by atoms with Gasteiger partial charge in [-0.3, -0.25) is 0 Å². The lowest BCUT2D eigenvalue weighted by Gasteiger charge is -2.53. The molecular formula is C13H18O. The molecule has 1 N–H and O–H groups in total. The molecule has 14 heavy (non-hydrogen) atoms. The van der Waals surface area contributed by atoms with E-state index in [0.29, 0.717) is 5.41 Å². The molecule has 1 aliphatic rings. The van der Waals surface area contributed by atoms with E-state index < -0.39 is 0 Å². The van der Waals surface area contributed by atoms with Crippen molar-refractivity contribution < 1.29 is 5.11 Å². The number of hydrogen-bond acceptors (Lipinski definition) is 1. The maximum Gasteiger partial charge on any atom is 0.0528 e. The Morgan fingerprint density at radius 3 is 2.14 bits per heavy atom. The van der Waals surface area contributed by atoms with E-state index in [9.17, 15) is 5.11 Å². The van der Waals surface area contributed by atoms with Gasteiger partial charge in [0.1, 0.15) is 0 Å². The predicted octanol–water partition coefficient (Wildman–Crippen LogP) is 2.74. The molecule has 0 bridgehead atoms. The second-order valence-corrected chi connectivity index (χ2v) is 5.32. The van der Waals surface area contributed by atoms with E-state index in [-0.39, 0.29) is 12.0 Å². The topological polar surface area (TPSA) is 20.2 Å². The predicted molar refractivity (Wildman–Crippen MR) is 58.2 cm³/mol. The first-order valence-electron chi connectivity index (χ1n) is 5.24. The van der Waals surface area contributed by atoms with Crippen LogP contribution in [0.4, 0.5) is 0 Å². The second kappa shape index (κ2) is 3.09. The van der Waals surface area contributed by atoms with Gasteiger partial charge in [0.15, 0.2) is 0 Å². The molecule has 1 aromatic rings. The Hall–Kier alpha value is -0.820. The van der Waals surface area contributed by atoms with Crippen LogP contribution >= 0.6 is 0 Å². The van der Waals surface area contributed by atoms with Gasteiger partial charge in [-0.05, 0) is 23.8 Å². The maximum absolute atomic E-state index is 9.52. The number of benzene rings is 1. The Morgan fingerprint density at radius 1 is 1.14 bits per heavy atom.